The Morgan fingerprint density at radius 3 is 2.00 bits per heavy atom. The van der Waals surface area contributed by atoms with Crippen LogP contribution in [-0.4, -0.2) is 49.7 Å². The van der Waals surface area contributed by atoms with Gasteiger partial charge in [-0.15, -0.1) is 0 Å². The van der Waals surface area contributed by atoms with Crippen LogP contribution < -0.4 is 10.4 Å². The van der Waals surface area contributed by atoms with Gasteiger partial charge in [-0.3, -0.25) is 4.90 Å². The van der Waals surface area contributed by atoms with Crippen molar-refractivity contribution in [2.75, 3.05) is 13.2 Å². The van der Waals surface area contributed by atoms with Crippen LogP contribution >= 0.6 is 9.47 Å². The standard InChI is InChI=1S/C30H46NO4PSi/c1-24(35-36)30(20-14-22-31(30)27(32)34-28(2,3)4)21-15-23-33-37(29(5,6)7,25-16-10-8-11-17-25)26-18-12-9-13-19-26/h8-13,16-19,24H,14-15,20-23,36H2,1-7H3. The molecule has 0 N–H and O–H groups in total. The summed E-state index contributed by atoms with van der Waals surface area (Å²) >= 11 is 0. The van der Waals surface area contributed by atoms with Crippen LogP contribution in [0.2, 0.25) is 5.04 Å². The molecule has 3 atom stereocenters. The van der Waals surface area contributed by atoms with E-state index in [2.05, 4.69) is 97.8 Å². The molecular weight excluding hydrogens is 497 g/mol. The number of carbonyl (C=O) groups excluding carboxylic acids is 1. The Morgan fingerprint density at radius 1 is 1.00 bits per heavy atom. The average molecular weight is 544 g/mol. The van der Waals surface area contributed by atoms with Gasteiger partial charge in [0, 0.05) is 22.6 Å². The van der Waals surface area contributed by atoms with Crippen molar-refractivity contribution in [2.45, 2.75) is 96.4 Å². The van der Waals surface area contributed by atoms with Crippen LogP contribution in [0.15, 0.2) is 60.7 Å². The molecule has 1 heterocycles. The summed E-state index contributed by atoms with van der Waals surface area (Å²) in [4.78, 5) is 15.1. The number of nitrogens with zero attached hydrogens (tertiary/aromatic N) is 1. The van der Waals surface area contributed by atoms with Gasteiger partial charge in [-0.05, 0) is 68.8 Å². The molecule has 7 heteroatoms. The van der Waals surface area contributed by atoms with E-state index >= 15 is 0 Å². The zero-order valence-corrected chi connectivity index (χ0v) is 25.9. The van der Waals surface area contributed by atoms with Crippen molar-refractivity contribution >= 4 is 34.3 Å². The van der Waals surface area contributed by atoms with E-state index < -0.39 is 19.5 Å². The summed E-state index contributed by atoms with van der Waals surface area (Å²) in [7, 11) is -0.202. The molecule has 204 valence electrons. The third-order valence-corrected chi connectivity index (χ3v) is 13.0. The molecule has 5 nitrogen and oxygen atoms in total. The molecule has 1 aliphatic heterocycles. The lowest BCUT2D eigenvalue weighted by atomic mass is 9.85. The molecule has 0 radical (unpaired) electrons. The Bertz CT molecular complexity index is 966. The summed E-state index contributed by atoms with van der Waals surface area (Å²) < 4.78 is 18.7. The Balaban J connectivity index is 1.87. The van der Waals surface area contributed by atoms with Crippen LogP contribution in [0.1, 0.15) is 74.1 Å². The molecule has 37 heavy (non-hydrogen) atoms. The van der Waals surface area contributed by atoms with E-state index in [-0.39, 0.29) is 17.2 Å². The highest BCUT2D eigenvalue weighted by Crippen LogP contribution is 2.41. The highest BCUT2D eigenvalue weighted by atomic mass is 31.0. The third-order valence-electron chi connectivity index (χ3n) is 7.59. The first-order chi connectivity index (χ1) is 17.4. The topological polar surface area (TPSA) is 48.0 Å². The monoisotopic (exact) mass is 543 g/mol. The van der Waals surface area contributed by atoms with Gasteiger partial charge in [0.2, 0.25) is 0 Å². The molecule has 1 amide bonds. The maximum absolute atomic E-state index is 13.2. The largest absolute Gasteiger partial charge is 0.444 e. The smallest absolute Gasteiger partial charge is 0.410 e. The first kappa shape index (κ1) is 29.8. The number of hydrogen-bond donors (Lipinski definition) is 0. The van der Waals surface area contributed by atoms with Crippen molar-refractivity contribution in [2.24, 2.45) is 0 Å². The average Bonchev–Trinajstić information content (AvgIpc) is 3.28. The molecule has 0 aliphatic carbocycles. The Kier molecular flexibility index (Phi) is 9.66. The van der Waals surface area contributed by atoms with E-state index in [0.717, 1.165) is 25.7 Å². The van der Waals surface area contributed by atoms with Crippen molar-refractivity contribution in [1.82, 2.24) is 4.90 Å². The van der Waals surface area contributed by atoms with Gasteiger partial charge < -0.3 is 13.7 Å². The van der Waals surface area contributed by atoms with E-state index in [0.29, 0.717) is 13.2 Å². The van der Waals surface area contributed by atoms with Gasteiger partial charge in [0.15, 0.2) is 0 Å². The van der Waals surface area contributed by atoms with Crippen molar-refractivity contribution in [1.29, 1.82) is 0 Å². The second kappa shape index (κ2) is 12.0. The first-order valence-corrected chi connectivity index (χ1v) is 15.9. The molecule has 3 unspecified atom stereocenters. The molecule has 0 spiro atoms. The van der Waals surface area contributed by atoms with Crippen molar-refractivity contribution in [3.8, 4) is 0 Å². The lowest BCUT2D eigenvalue weighted by molar-refractivity contribution is -0.0213. The van der Waals surface area contributed by atoms with Crippen LogP contribution in [0.5, 0.6) is 0 Å². The number of benzene rings is 2. The molecular formula is C30H46NO4PSi. The van der Waals surface area contributed by atoms with E-state index in [4.69, 9.17) is 13.7 Å². The van der Waals surface area contributed by atoms with Gasteiger partial charge in [0.05, 0.1) is 11.6 Å². The number of carbonyl (C=O) groups is 1. The predicted molar refractivity (Wildman–Crippen MR) is 158 cm³/mol. The Hall–Kier alpha value is -1.72. The van der Waals surface area contributed by atoms with Crippen LogP contribution in [0.4, 0.5) is 4.79 Å². The first-order valence-electron chi connectivity index (χ1n) is 13.5. The van der Waals surface area contributed by atoms with E-state index in [1.54, 1.807) is 0 Å². The Morgan fingerprint density at radius 2 is 1.54 bits per heavy atom. The summed E-state index contributed by atoms with van der Waals surface area (Å²) in [6.45, 7) is 16.0. The maximum atomic E-state index is 13.2. The van der Waals surface area contributed by atoms with E-state index in [9.17, 15) is 4.79 Å². The number of likely N-dealkylation sites (tertiary alicyclic amines) is 1. The van der Waals surface area contributed by atoms with Crippen LogP contribution in [0, 0.1) is 0 Å². The minimum absolute atomic E-state index is 0.0697. The van der Waals surface area contributed by atoms with Gasteiger partial charge >= 0.3 is 6.09 Å². The fourth-order valence-corrected chi connectivity index (χ4v) is 10.7. The van der Waals surface area contributed by atoms with Gasteiger partial charge in [0.25, 0.3) is 8.32 Å². The normalized spacial score (nSPS) is 19.6. The number of rotatable bonds is 9. The maximum Gasteiger partial charge on any atom is 0.410 e. The molecule has 0 bridgehead atoms. The SMILES string of the molecule is CC(OP)C1(CCCO[Si](c2ccccc2)(c2ccccc2)C(C)(C)C)CCCN1C(=O)OC(C)(C)C. The predicted octanol–water partition coefficient (Wildman–Crippen LogP) is 6.31. The molecule has 3 rings (SSSR count). The minimum atomic E-state index is -2.60. The number of hydrogen-bond acceptors (Lipinski definition) is 4. The second-order valence-electron chi connectivity index (χ2n) is 12.2. The summed E-state index contributed by atoms with van der Waals surface area (Å²) in [5, 5.41) is 2.49. The third kappa shape index (κ3) is 6.47. The van der Waals surface area contributed by atoms with Gasteiger partial charge in [0.1, 0.15) is 5.60 Å². The van der Waals surface area contributed by atoms with E-state index in [1.807, 2.05) is 25.7 Å². The summed E-state index contributed by atoms with van der Waals surface area (Å²) in [6.07, 6.45) is 3.04. The van der Waals surface area contributed by atoms with Crippen molar-refractivity contribution < 1.29 is 18.5 Å². The summed E-state index contributed by atoms with van der Waals surface area (Å²) in [5.41, 5.74) is -0.957. The second-order valence-corrected chi connectivity index (χ2v) is 16.8. The summed E-state index contributed by atoms with van der Waals surface area (Å²) in [5.74, 6) is 0. The van der Waals surface area contributed by atoms with Gasteiger partial charge in [-0.2, -0.15) is 0 Å². The van der Waals surface area contributed by atoms with Crippen molar-refractivity contribution in [3.05, 3.63) is 60.7 Å². The van der Waals surface area contributed by atoms with Crippen molar-refractivity contribution in [3.63, 3.8) is 0 Å². The molecule has 1 fully saturated rings. The van der Waals surface area contributed by atoms with Gasteiger partial charge in [-0.1, -0.05) is 81.4 Å². The molecule has 2 aromatic rings. The van der Waals surface area contributed by atoms with Crippen LogP contribution in [0.25, 0.3) is 0 Å². The quantitative estimate of drug-likeness (QED) is 0.211. The lowest BCUT2D eigenvalue weighted by Crippen LogP contribution is -2.66. The summed E-state index contributed by atoms with van der Waals surface area (Å²) in [6, 6.07) is 21.5. The highest BCUT2D eigenvalue weighted by Gasteiger charge is 2.51. The zero-order chi connectivity index (χ0) is 27.3. The molecule has 2 aromatic carbocycles. The molecule has 1 saturated heterocycles. The minimum Gasteiger partial charge on any atom is -0.444 e. The Labute approximate surface area is 227 Å². The van der Waals surface area contributed by atoms with Crippen LogP contribution in [0.3, 0.4) is 0 Å². The fraction of sp³-hybridized carbons (Fsp3) is 0.567. The highest BCUT2D eigenvalue weighted by molar-refractivity contribution is 7.09. The fourth-order valence-electron chi connectivity index (χ4n) is 5.87. The number of ether oxygens (including phenoxy) is 1. The molecule has 0 aromatic heterocycles. The molecule has 1 aliphatic rings. The zero-order valence-electron chi connectivity index (χ0n) is 23.8. The van der Waals surface area contributed by atoms with Gasteiger partial charge in [-0.25, -0.2) is 4.79 Å². The molecule has 0 saturated carbocycles. The number of amides is 1. The van der Waals surface area contributed by atoms with Crippen LogP contribution in [-0.2, 0) is 13.7 Å². The lowest BCUT2D eigenvalue weighted by Gasteiger charge is -2.44. The van der Waals surface area contributed by atoms with E-state index in [1.165, 1.54) is 10.4 Å².